The van der Waals surface area contributed by atoms with Crippen LogP contribution in [0.15, 0.2) is 29.8 Å². The first kappa shape index (κ1) is 8.15. The summed E-state index contributed by atoms with van der Waals surface area (Å²) >= 11 is 1.76. The van der Waals surface area contributed by atoms with Gasteiger partial charge in [-0.05, 0) is 23.8 Å². The predicted molar refractivity (Wildman–Crippen MR) is 60.5 cm³/mol. The third-order valence-electron chi connectivity index (χ3n) is 2.34. The molecule has 0 amide bonds. The van der Waals surface area contributed by atoms with E-state index in [1.165, 1.54) is 10.3 Å². The van der Waals surface area contributed by atoms with Crippen LogP contribution < -0.4 is 5.32 Å². The fraction of sp³-hybridized carbons (Fsp3) is 0.182. The van der Waals surface area contributed by atoms with E-state index < -0.39 is 0 Å². The van der Waals surface area contributed by atoms with Gasteiger partial charge in [0.25, 0.3) is 0 Å². The summed E-state index contributed by atoms with van der Waals surface area (Å²) in [5.74, 6) is 0. The quantitative estimate of drug-likeness (QED) is 0.767. The second kappa shape index (κ2) is 3.19. The standard InChI is InChI=1S/C11H10N2S/c1-2-4-10-9(3-1)13-11(14-10)5-8-6-12-7-8/h1-5,12H,6-7H2. The van der Waals surface area contributed by atoms with Crippen LogP contribution >= 0.6 is 11.3 Å². The molecule has 2 heterocycles. The topological polar surface area (TPSA) is 24.9 Å². The van der Waals surface area contributed by atoms with Gasteiger partial charge in [-0.25, -0.2) is 4.98 Å². The van der Waals surface area contributed by atoms with Gasteiger partial charge in [0, 0.05) is 13.1 Å². The normalized spacial score (nSPS) is 15.6. The maximum atomic E-state index is 4.55. The number of rotatable bonds is 1. The van der Waals surface area contributed by atoms with Gasteiger partial charge in [-0.3, -0.25) is 0 Å². The lowest BCUT2D eigenvalue weighted by molar-refractivity contribution is 0.675. The van der Waals surface area contributed by atoms with E-state index >= 15 is 0 Å². The molecule has 0 spiro atoms. The van der Waals surface area contributed by atoms with E-state index in [0.717, 1.165) is 23.6 Å². The lowest BCUT2D eigenvalue weighted by atomic mass is 10.1. The van der Waals surface area contributed by atoms with Crippen LogP contribution in [0.25, 0.3) is 16.3 Å². The zero-order valence-corrected chi connectivity index (χ0v) is 8.47. The minimum absolute atomic E-state index is 1.02. The van der Waals surface area contributed by atoms with Crippen molar-refractivity contribution in [2.75, 3.05) is 13.1 Å². The van der Waals surface area contributed by atoms with Crippen molar-refractivity contribution in [2.24, 2.45) is 0 Å². The largest absolute Gasteiger partial charge is 0.309 e. The van der Waals surface area contributed by atoms with E-state index in [-0.39, 0.29) is 0 Å². The molecule has 2 aromatic rings. The molecule has 0 atom stereocenters. The zero-order valence-electron chi connectivity index (χ0n) is 7.66. The van der Waals surface area contributed by atoms with E-state index in [2.05, 4.69) is 34.6 Å². The molecule has 0 aliphatic carbocycles. The Hall–Kier alpha value is -1.19. The van der Waals surface area contributed by atoms with Crippen LogP contribution in [-0.2, 0) is 0 Å². The Morgan fingerprint density at radius 3 is 2.86 bits per heavy atom. The summed E-state index contributed by atoms with van der Waals surface area (Å²) in [6.07, 6.45) is 2.20. The molecule has 1 saturated heterocycles. The van der Waals surface area contributed by atoms with Crippen LogP contribution in [0.3, 0.4) is 0 Å². The molecule has 3 rings (SSSR count). The number of nitrogens with zero attached hydrogens (tertiary/aromatic N) is 1. The molecule has 1 aromatic heterocycles. The third kappa shape index (κ3) is 1.35. The zero-order chi connectivity index (χ0) is 9.38. The summed E-state index contributed by atoms with van der Waals surface area (Å²) in [6, 6.07) is 8.27. The number of aromatic nitrogens is 1. The molecule has 0 unspecified atom stereocenters. The first-order chi connectivity index (χ1) is 6.92. The Kier molecular flexibility index (Phi) is 1.85. The van der Waals surface area contributed by atoms with Gasteiger partial charge >= 0.3 is 0 Å². The van der Waals surface area contributed by atoms with Gasteiger partial charge in [-0.1, -0.05) is 12.1 Å². The Morgan fingerprint density at radius 2 is 2.14 bits per heavy atom. The SMILES string of the molecule is C(=C1CNC1)c1nc2ccccc2s1. The summed E-state index contributed by atoms with van der Waals surface area (Å²) in [7, 11) is 0. The van der Waals surface area contributed by atoms with Crippen molar-refractivity contribution in [2.45, 2.75) is 0 Å². The van der Waals surface area contributed by atoms with E-state index in [9.17, 15) is 0 Å². The summed E-state index contributed by atoms with van der Waals surface area (Å²) in [5.41, 5.74) is 2.56. The molecular weight excluding hydrogens is 192 g/mol. The molecule has 2 nitrogen and oxygen atoms in total. The van der Waals surface area contributed by atoms with Crippen LogP contribution in [0.4, 0.5) is 0 Å². The Bertz CT molecular complexity index is 460. The summed E-state index contributed by atoms with van der Waals surface area (Å²) in [4.78, 5) is 4.55. The van der Waals surface area contributed by atoms with Crippen LogP contribution in [-0.4, -0.2) is 18.1 Å². The highest BCUT2D eigenvalue weighted by Crippen LogP contribution is 2.23. The average molecular weight is 202 g/mol. The fourth-order valence-corrected chi connectivity index (χ4v) is 2.46. The Labute approximate surface area is 86.3 Å². The van der Waals surface area contributed by atoms with Crippen molar-refractivity contribution in [3.8, 4) is 0 Å². The van der Waals surface area contributed by atoms with E-state index in [1.54, 1.807) is 11.3 Å². The molecule has 70 valence electrons. The van der Waals surface area contributed by atoms with E-state index in [0.29, 0.717) is 0 Å². The van der Waals surface area contributed by atoms with Crippen molar-refractivity contribution < 1.29 is 0 Å². The number of nitrogens with one attached hydrogen (secondary N) is 1. The molecule has 1 aliphatic heterocycles. The number of thiazole rings is 1. The molecule has 3 heteroatoms. The minimum Gasteiger partial charge on any atom is -0.309 e. The van der Waals surface area contributed by atoms with Gasteiger partial charge in [0.1, 0.15) is 5.01 Å². The first-order valence-electron chi connectivity index (χ1n) is 4.67. The van der Waals surface area contributed by atoms with E-state index in [4.69, 9.17) is 0 Å². The monoisotopic (exact) mass is 202 g/mol. The van der Waals surface area contributed by atoms with Gasteiger partial charge in [-0.15, -0.1) is 11.3 Å². The van der Waals surface area contributed by atoms with Gasteiger partial charge < -0.3 is 5.32 Å². The third-order valence-corrected chi connectivity index (χ3v) is 3.33. The van der Waals surface area contributed by atoms with Gasteiger partial charge in [0.15, 0.2) is 0 Å². The first-order valence-corrected chi connectivity index (χ1v) is 5.49. The average Bonchev–Trinajstić information content (AvgIpc) is 2.53. The van der Waals surface area contributed by atoms with Gasteiger partial charge in [-0.2, -0.15) is 0 Å². The van der Waals surface area contributed by atoms with Gasteiger partial charge in [0.05, 0.1) is 10.2 Å². The highest BCUT2D eigenvalue weighted by atomic mass is 32.1. The predicted octanol–water partition coefficient (Wildman–Crippen LogP) is 2.28. The number of hydrogen-bond donors (Lipinski definition) is 1. The fourth-order valence-electron chi connectivity index (χ4n) is 1.50. The molecule has 0 bridgehead atoms. The Balaban J connectivity index is 2.05. The smallest absolute Gasteiger partial charge is 0.117 e. The molecule has 0 radical (unpaired) electrons. The second-order valence-electron chi connectivity index (χ2n) is 3.43. The van der Waals surface area contributed by atoms with E-state index in [1.807, 2.05) is 6.07 Å². The lowest BCUT2D eigenvalue weighted by Crippen LogP contribution is -2.33. The highest BCUT2D eigenvalue weighted by Gasteiger charge is 2.08. The lowest BCUT2D eigenvalue weighted by Gasteiger charge is -2.17. The molecule has 1 aromatic carbocycles. The van der Waals surface area contributed by atoms with Crippen LogP contribution in [0, 0.1) is 0 Å². The molecule has 1 aliphatic rings. The number of para-hydroxylation sites is 1. The minimum atomic E-state index is 1.02. The van der Waals surface area contributed by atoms with Crippen molar-refractivity contribution in [1.82, 2.24) is 10.3 Å². The van der Waals surface area contributed by atoms with Crippen molar-refractivity contribution in [3.63, 3.8) is 0 Å². The number of benzene rings is 1. The van der Waals surface area contributed by atoms with Crippen LogP contribution in [0.1, 0.15) is 5.01 Å². The maximum absolute atomic E-state index is 4.55. The molecule has 0 saturated carbocycles. The number of fused-ring (bicyclic) bond motifs is 1. The molecular formula is C11H10N2S. The van der Waals surface area contributed by atoms with Crippen LogP contribution in [0.2, 0.25) is 0 Å². The maximum Gasteiger partial charge on any atom is 0.117 e. The summed E-state index contributed by atoms with van der Waals surface area (Å²) < 4.78 is 1.27. The summed E-state index contributed by atoms with van der Waals surface area (Å²) in [6.45, 7) is 2.05. The van der Waals surface area contributed by atoms with Crippen molar-refractivity contribution >= 4 is 27.6 Å². The van der Waals surface area contributed by atoms with Crippen molar-refractivity contribution in [1.29, 1.82) is 0 Å². The second-order valence-corrected chi connectivity index (χ2v) is 4.49. The highest BCUT2D eigenvalue weighted by molar-refractivity contribution is 7.19. The number of hydrogen-bond acceptors (Lipinski definition) is 3. The summed E-state index contributed by atoms with van der Waals surface area (Å²) in [5, 5.41) is 4.35. The molecule has 14 heavy (non-hydrogen) atoms. The molecule has 1 fully saturated rings. The Morgan fingerprint density at radius 1 is 1.29 bits per heavy atom. The molecule has 1 N–H and O–H groups in total. The van der Waals surface area contributed by atoms with Gasteiger partial charge in [0.2, 0.25) is 0 Å². The van der Waals surface area contributed by atoms with Crippen molar-refractivity contribution in [3.05, 3.63) is 34.8 Å². The van der Waals surface area contributed by atoms with Crippen LogP contribution in [0.5, 0.6) is 0 Å².